The van der Waals surface area contributed by atoms with Crippen molar-refractivity contribution in [3.63, 3.8) is 0 Å². The van der Waals surface area contributed by atoms with Gasteiger partial charge < -0.3 is 15.5 Å². The number of carbonyl (C=O) groups excluding carboxylic acids is 3. The summed E-state index contributed by atoms with van der Waals surface area (Å²) in [6, 6.07) is 10.3. The maximum atomic E-state index is 13.1. The van der Waals surface area contributed by atoms with E-state index in [1.165, 1.54) is 0 Å². The van der Waals surface area contributed by atoms with E-state index in [2.05, 4.69) is 10.6 Å². The summed E-state index contributed by atoms with van der Waals surface area (Å²) in [5.41, 5.74) is 2.38. The van der Waals surface area contributed by atoms with E-state index in [4.69, 9.17) is 23.2 Å². The maximum absolute atomic E-state index is 13.1. The Morgan fingerprint density at radius 2 is 1.90 bits per heavy atom. The van der Waals surface area contributed by atoms with Gasteiger partial charge in [-0.1, -0.05) is 41.4 Å². The molecule has 1 heterocycles. The van der Waals surface area contributed by atoms with E-state index < -0.39 is 0 Å². The molecule has 31 heavy (non-hydrogen) atoms. The highest BCUT2D eigenvalue weighted by molar-refractivity contribution is 6.40. The lowest BCUT2D eigenvalue weighted by Crippen LogP contribution is -2.45. The van der Waals surface area contributed by atoms with Crippen LogP contribution in [0.15, 0.2) is 36.4 Å². The van der Waals surface area contributed by atoms with Crippen LogP contribution in [0, 0.1) is 6.92 Å². The molecule has 0 spiro atoms. The number of carbonyl (C=O) groups is 3. The van der Waals surface area contributed by atoms with E-state index in [0.29, 0.717) is 27.1 Å². The Hall–Kier alpha value is -2.61. The van der Waals surface area contributed by atoms with E-state index in [1.807, 2.05) is 19.9 Å². The molecule has 2 N–H and O–H groups in total. The Bertz CT molecular complexity index is 1030. The summed E-state index contributed by atoms with van der Waals surface area (Å²) in [5.74, 6) is -0.695. The molecular formula is C22H24Cl2N4O3. The van der Waals surface area contributed by atoms with E-state index in [-0.39, 0.29) is 43.3 Å². The summed E-state index contributed by atoms with van der Waals surface area (Å²) in [6.45, 7) is 3.61. The minimum atomic E-state index is -0.342. The fourth-order valence-corrected chi connectivity index (χ4v) is 3.99. The number of benzene rings is 2. The third-order valence-electron chi connectivity index (χ3n) is 5.00. The number of halogens is 2. The first-order chi connectivity index (χ1) is 14.7. The van der Waals surface area contributed by atoms with Crippen molar-refractivity contribution in [2.24, 2.45) is 0 Å². The van der Waals surface area contributed by atoms with E-state index >= 15 is 0 Å². The first-order valence-corrected chi connectivity index (χ1v) is 10.6. The SMILES string of the molecule is Cc1ccc(Cl)c(NC(=O)CN(C)CC(=O)N2c3ccccc3NC(=O)CC2C)c1Cl. The number of likely N-dealkylation sites (N-methyl/N-ethyl adjacent to an activating group) is 1. The average molecular weight is 463 g/mol. The van der Waals surface area contributed by atoms with Gasteiger partial charge in [0, 0.05) is 12.5 Å². The van der Waals surface area contributed by atoms with Crippen molar-refractivity contribution < 1.29 is 14.4 Å². The number of aryl methyl sites for hydroxylation is 1. The molecule has 0 aliphatic carbocycles. The van der Waals surface area contributed by atoms with E-state index in [0.717, 1.165) is 5.56 Å². The van der Waals surface area contributed by atoms with E-state index in [1.54, 1.807) is 47.2 Å². The van der Waals surface area contributed by atoms with Crippen LogP contribution >= 0.6 is 23.2 Å². The second-order valence-corrected chi connectivity index (χ2v) is 8.44. The highest BCUT2D eigenvalue weighted by atomic mass is 35.5. The topological polar surface area (TPSA) is 81.8 Å². The number of para-hydroxylation sites is 2. The second kappa shape index (κ2) is 9.68. The van der Waals surface area contributed by atoms with Gasteiger partial charge in [0.2, 0.25) is 17.7 Å². The summed E-state index contributed by atoms with van der Waals surface area (Å²) in [7, 11) is 1.68. The highest BCUT2D eigenvalue weighted by Crippen LogP contribution is 2.33. The van der Waals surface area contributed by atoms with Crippen LogP contribution in [0.5, 0.6) is 0 Å². The molecule has 2 aromatic carbocycles. The van der Waals surface area contributed by atoms with Crippen LogP contribution in [0.3, 0.4) is 0 Å². The fraction of sp³-hybridized carbons (Fsp3) is 0.318. The first-order valence-electron chi connectivity index (χ1n) is 9.81. The molecule has 1 aliphatic heterocycles. The molecule has 164 valence electrons. The number of amides is 3. The van der Waals surface area contributed by atoms with Gasteiger partial charge in [0.05, 0.1) is 40.2 Å². The van der Waals surface area contributed by atoms with E-state index in [9.17, 15) is 14.4 Å². The van der Waals surface area contributed by atoms with Crippen LogP contribution in [-0.2, 0) is 14.4 Å². The van der Waals surface area contributed by atoms with Crippen LogP contribution < -0.4 is 15.5 Å². The van der Waals surface area contributed by atoms with Crippen LogP contribution in [0.2, 0.25) is 10.0 Å². The smallest absolute Gasteiger partial charge is 0.241 e. The molecule has 1 atom stereocenters. The number of hydrogen-bond donors (Lipinski definition) is 2. The van der Waals surface area contributed by atoms with Crippen LogP contribution in [-0.4, -0.2) is 48.8 Å². The number of nitrogens with one attached hydrogen (secondary N) is 2. The number of anilines is 3. The molecule has 1 aliphatic rings. The quantitative estimate of drug-likeness (QED) is 0.704. The second-order valence-electron chi connectivity index (χ2n) is 7.66. The molecule has 0 fully saturated rings. The molecule has 3 amide bonds. The van der Waals surface area contributed by atoms with Crippen LogP contribution in [0.4, 0.5) is 17.1 Å². The molecular weight excluding hydrogens is 439 g/mol. The number of nitrogens with zero attached hydrogens (tertiary/aromatic N) is 2. The van der Waals surface area contributed by atoms with Gasteiger partial charge in [0.15, 0.2) is 0 Å². The molecule has 9 heteroatoms. The maximum Gasteiger partial charge on any atom is 0.241 e. The van der Waals surface area contributed by atoms with Gasteiger partial charge in [-0.15, -0.1) is 0 Å². The Balaban J connectivity index is 1.69. The normalized spacial score (nSPS) is 15.9. The third kappa shape index (κ3) is 5.36. The van der Waals surface area contributed by atoms with Crippen LogP contribution in [0.25, 0.3) is 0 Å². The van der Waals surface area contributed by atoms with Gasteiger partial charge in [0.1, 0.15) is 0 Å². The Morgan fingerprint density at radius 1 is 1.19 bits per heavy atom. The molecule has 0 saturated carbocycles. The van der Waals surface area contributed by atoms with Crippen molar-refractivity contribution in [3.05, 3.63) is 52.0 Å². The predicted octanol–water partition coefficient (Wildman–Crippen LogP) is 3.94. The Kier molecular flexibility index (Phi) is 7.20. The van der Waals surface area contributed by atoms with Gasteiger partial charge >= 0.3 is 0 Å². The summed E-state index contributed by atoms with van der Waals surface area (Å²) in [4.78, 5) is 40.9. The predicted molar refractivity (Wildman–Crippen MR) is 124 cm³/mol. The van der Waals surface area contributed by atoms with Crippen LogP contribution in [0.1, 0.15) is 18.9 Å². The lowest BCUT2D eigenvalue weighted by atomic mass is 10.1. The summed E-state index contributed by atoms with van der Waals surface area (Å²) in [6.07, 6.45) is 0.189. The zero-order valence-corrected chi connectivity index (χ0v) is 19.0. The summed E-state index contributed by atoms with van der Waals surface area (Å²) in [5, 5.41) is 6.27. The van der Waals surface area contributed by atoms with Gasteiger partial charge in [-0.05, 0) is 44.7 Å². The van der Waals surface area contributed by atoms with Gasteiger partial charge in [-0.3, -0.25) is 19.3 Å². The minimum absolute atomic E-state index is 0.00440. The molecule has 2 aromatic rings. The first kappa shape index (κ1) is 23.1. The van der Waals surface area contributed by atoms with Gasteiger partial charge in [-0.25, -0.2) is 0 Å². The lowest BCUT2D eigenvalue weighted by Gasteiger charge is -2.29. The standard InChI is InChI=1S/C22H24Cl2N4O3/c1-13-8-9-15(23)22(21(13)24)26-19(30)11-27(3)12-20(31)28-14(2)10-18(29)25-16-6-4-5-7-17(16)28/h4-9,14H,10-12H2,1-3H3,(H,25,29)(H,26,30). The van der Waals surface area contributed by atoms with Crippen molar-refractivity contribution >= 4 is 58.0 Å². The van der Waals surface area contributed by atoms with Crippen molar-refractivity contribution in [2.75, 3.05) is 35.7 Å². The molecule has 1 unspecified atom stereocenters. The number of hydrogen-bond acceptors (Lipinski definition) is 4. The van der Waals surface area contributed by atoms with Gasteiger partial charge in [-0.2, -0.15) is 0 Å². The molecule has 7 nitrogen and oxygen atoms in total. The monoisotopic (exact) mass is 462 g/mol. The third-order valence-corrected chi connectivity index (χ3v) is 5.80. The summed E-state index contributed by atoms with van der Waals surface area (Å²) < 4.78 is 0. The Labute approximate surface area is 191 Å². The zero-order valence-electron chi connectivity index (χ0n) is 17.5. The van der Waals surface area contributed by atoms with Crippen molar-refractivity contribution in [1.82, 2.24) is 4.90 Å². The molecule has 0 bridgehead atoms. The van der Waals surface area contributed by atoms with Gasteiger partial charge in [0.25, 0.3) is 0 Å². The molecule has 0 radical (unpaired) electrons. The average Bonchev–Trinajstić information content (AvgIpc) is 2.82. The summed E-state index contributed by atoms with van der Waals surface area (Å²) >= 11 is 12.4. The zero-order chi connectivity index (χ0) is 22.7. The van der Waals surface area contributed by atoms with Crippen molar-refractivity contribution in [1.29, 1.82) is 0 Å². The molecule has 0 saturated heterocycles. The number of fused-ring (bicyclic) bond motifs is 1. The highest BCUT2D eigenvalue weighted by Gasteiger charge is 2.30. The minimum Gasteiger partial charge on any atom is -0.324 e. The number of rotatable bonds is 5. The Morgan fingerprint density at radius 3 is 2.65 bits per heavy atom. The molecule has 3 rings (SSSR count). The van der Waals surface area contributed by atoms with Crippen molar-refractivity contribution in [3.8, 4) is 0 Å². The molecule has 0 aromatic heterocycles. The largest absolute Gasteiger partial charge is 0.324 e. The fourth-order valence-electron chi connectivity index (χ4n) is 3.53. The van der Waals surface area contributed by atoms with Crippen molar-refractivity contribution in [2.45, 2.75) is 26.3 Å². The lowest BCUT2D eigenvalue weighted by molar-refractivity contribution is -0.121.